The van der Waals surface area contributed by atoms with Crippen LogP contribution in [-0.4, -0.2) is 30.4 Å². The molecule has 168 valence electrons. The summed E-state index contributed by atoms with van der Waals surface area (Å²) in [6.07, 6.45) is 3.71. The molecule has 2 aromatic heterocycles. The van der Waals surface area contributed by atoms with Crippen molar-refractivity contribution in [3.05, 3.63) is 74.3 Å². The van der Waals surface area contributed by atoms with Gasteiger partial charge in [0, 0.05) is 35.7 Å². The maximum Gasteiger partial charge on any atom is 0.294 e. The van der Waals surface area contributed by atoms with Gasteiger partial charge in [-0.15, -0.1) is 10.2 Å². The molecular weight excluding hydrogens is 428 g/mol. The molecule has 6 rings (SSSR count). The third-order valence-electron chi connectivity index (χ3n) is 6.99. The van der Waals surface area contributed by atoms with E-state index in [1.165, 1.54) is 4.90 Å². The highest BCUT2D eigenvalue weighted by molar-refractivity contribution is 5.99. The number of benzene rings is 2. The lowest BCUT2D eigenvalue weighted by atomic mass is 9.85. The van der Waals surface area contributed by atoms with Gasteiger partial charge < -0.3 is 9.88 Å². The summed E-state index contributed by atoms with van der Waals surface area (Å²) < 4.78 is 30.2. The van der Waals surface area contributed by atoms with Crippen LogP contribution in [0.3, 0.4) is 0 Å². The molecule has 0 atom stereocenters. The Hall–Kier alpha value is -3.62. The number of carbonyl (C=O) groups is 1. The SMILES string of the molecule is CCc1cc2c(cc1C(=O)N1Cc3c(F)ccc(F)c3C1)[nH]c(=O)c1nnc(C3CCC3)n12. The van der Waals surface area contributed by atoms with Crippen LogP contribution in [0.15, 0.2) is 29.1 Å². The first kappa shape index (κ1) is 20.0. The smallest absolute Gasteiger partial charge is 0.294 e. The highest BCUT2D eigenvalue weighted by atomic mass is 19.1. The number of aryl methyl sites for hydroxylation is 1. The van der Waals surface area contributed by atoms with E-state index in [1.54, 1.807) is 6.07 Å². The first-order valence-corrected chi connectivity index (χ1v) is 11.1. The first-order chi connectivity index (χ1) is 16.0. The lowest BCUT2D eigenvalue weighted by Gasteiger charge is -2.24. The van der Waals surface area contributed by atoms with Gasteiger partial charge in [-0.3, -0.25) is 14.0 Å². The minimum absolute atomic E-state index is 0.00573. The Morgan fingerprint density at radius 2 is 1.82 bits per heavy atom. The van der Waals surface area contributed by atoms with Crippen LogP contribution in [-0.2, 0) is 19.5 Å². The quantitative estimate of drug-likeness (QED) is 0.515. The number of fused-ring (bicyclic) bond motifs is 4. The summed E-state index contributed by atoms with van der Waals surface area (Å²) in [4.78, 5) is 30.4. The fraction of sp³-hybridized carbons (Fsp3) is 0.333. The third-order valence-corrected chi connectivity index (χ3v) is 6.99. The molecule has 7 nitrogen and oxygen atoms in total. The Morgan fingerprint density at radius 1 is 1.12 bits per heavy atom. The highest BCUT2D eigenvalue weighted by Gasteiger charge is 2.31. The lowest BCUT2D eigenvalue weighted by molar-refractivity contribution is 0.0749. The zero-order valence-electron chi connectivity index (χ0n) is 18.0. The van der Waals surface area contributed by atoms with Crippen LogP contribution in [0.2, 0.25) is 0 Å². The second-order valence-electron chi connectivity index (χ2n) is 8.83. The molecule has 4 aromatic rings. The fourth-order valence-corrected chi connectivity index (χ4v) is 4.93. The van der Waals surface area contributed by atoms with Gasteiger partial charge >= 0.3 is 0 Å². The minimum Gasteiger partial charge on any atom is -0.330 e. The molecule has 2 aliphatic rings. The fourth-order valence-electron chi connectivity index (χ4n) is 4.93. The number of rotatable bonds is 3. The summed E-state index contributed by atoms with van der Waals surface area (Å²) in [5.41, 5.74) is 2.73. The molecule has 0 radical (unpaired) electrons. The third kappa shape index (κ3) is 2.91. The Morgan fingerprint density at radius 3 is 2.42 bits per heavy atom. The molecule has 0 bridgehead atoms. The molecule has 1 amide bonds. The van der Waals surface area contributed by atoms with Gasteiger partial charge in [-0.05, 0) is 49.1 Å². The van der Waals surface area contributed by atoms with Gasteiger partial charge in [-0.1, -0.05) is 13.3 Å². The molecule has 0 spiro atoms. The van der Waals surface area contributed by atoms with Crippen molar-refractivity contribution < 1.29 is 13.6 Å². The van der Waals surface area contributed by atoms with Gasteiger partial charge in [0.15, 0.2) is 0 Å². The zero-order valence-corrected chi connectivity index (χ0v) is 18.0. The van der Waals surface area contributed by atoms with E-state index in [9.17, 15) is 18.4 Å². The molecule has 0 unspecified atom stereocenters. The van der Waals surface area contributed by atoms with Crippen LogP contribution in [0.25, 0.3) is 16.7 Å². The summed E-state index contributed by atoms with van der Waals surface area (Å²) in [7, 11) is 0. The number of carbonyl (C=O) groups excluding carboxylic acids is 1. The molecule has 2 aromatic carbocycles. The Kier molecular flexibility index (Phi) is 4.36. The van der Waals surface area contributed by atoms with Crippen molar-refractivity contribution in [2.45, 2.75) is 51.6 Å². The van der Waals surface area contributed by atoms with E-state index in [4.69, 9.17) is 0 Å². The second-order valence-corrected chi connectivity index (χ2v) is 8.83. The summed E-state index contributed by atoms with van der Waals surface area (Å²) in [6.45, 7) is 1.95. The van der Waals surface area contributed by atoms with Crippen LogP contribution in [0.4, 0.5) is 8.78 Å². The Bertz CT molecular complexity index is 1490. The average Bonchev–Trinajstić information content (AvgIpc) is 3.41. The van der Waals surface area contributed by atoms with Gasteiger partial charge in [-0.25, -0.2) is 8.78 Å². The highest BCUT2D eigenvalue weighted by Crippen LogP contribution is 2.36. The van der Waals surface area contributed by atoms with E-state index < -0.39 is 11.6 Å². The molecule has 1 fully saturated rings. The lowest BCUT2D eigenvalue weighted by Crippen LogP contribution is -2.27. The van der Waals surface area contributed by atoms with E-state index in [2.05, 4.69) is 15.2 Å². The van der Waals surface area contributed by atoms with E-state index >= 15 is 0 Å². The van der Waals surface area contributed by atoms with E-state index in [0.29, 0.717) is 17.5 Å². The van der Waals surface area contributed by atoms with Crippen molar-refractivity contribution in [3.63, 3.8) is 0 Å². The van der Waals surface area contributed by atoms with Crippen molar-refractivity contribution in [2.75, 3.05) is 0 Å². The second kappa shape index (κ2) is 7.19. The standard InChI is InChI=1S/C24H21F2N5O2/c1-2-12-8-20-19(27-23(32)22-29-28-21(31(20)22)13-4-3-5-13)9-14(12)24(33)30-10-15-16(11-30)18(26)7-6-17(15)25/h6-9,13H,2-5,10-11H2,1H3,(H,27,32). The van der Waals surface area contributed by atoms with Gasteiger partial charge in [-0.2, -0.15) is 0 Å². The predicted molar refractivity (Wildman–Crippen MR) is 117 cm³/mol. The number of amides is 1. The van der Waals surface area contributed by atoms with E-state index in [1.807, 2.05) is 17.4 Å². The molecular formula is C24H21F2N5O2. The maximum atomic E-state index is 14.2. The predicted octanol–water partition coefficient (Wildman–Crippen LogP) is 3.83. The summed E-state index contributed by atoms with van der Waals surface area (Å²) in [5.74, 6) is -0.316. The molecule has 3 heterocycles. The first-order valence-electron chi connectivity index (χ1n) is 11.1. The number of hydrogen-bond acceptors (Lipinski definition) is 4. The molecule has 1 aliphatic carbocycles. The van der Waals surface area contributed by atoms with Crippen molar-refractivity contribution in [1.82, 2.24) is 24.5 Å². The minimum atomic E-state index is -0.515. The van der Waals surface area contributed by atoms with Gasteiger partial charge in [0.2, 0.25) is 5.65 Å². The molecule has 1 saturated carbocycles. The normalized spacial score (nSPS) is 15.9. The number of aromatic nitrogens is 4. The van der Waals surface area contributed by atoms with Gasteiger partial charge in [0.1, 0.15) is 17.5 Å². The molecule has 0 saturated heterocycles. The summed E-state index contributed by atoms with van der Waals surface area (Å²) in [5, 5.41) is 8.40. The van der Waals surface area contributed by atoms with Crippen LogP contribution in [0.1, 0.15) is 65.0 Å². The van der Waals surface area contributed by atoms with Crippen LogP contribution in [0.5, 0.6) is 0 Å². The van der Waals surface area contributed by atoms with Crippen molar-refractivity contribution >= 4 is 22.6 Å². The summed E-state index contributed by atoms with van der Waals surface area (Å²) in [6, 6.07) is 5.73. The van der Waals surface area contributed by atoms with Crippen LogP contribution in [0, 0.1) is 11.6 Å². The number of nitrogens with one attached hydrogen (secondary N) is 1. The number of H-pyrrole nitrogens is 1. The molecule has 9 heteroatoms. The van der Waals surface area contributed by atoms with Crippen LogP contribution < -0.4 is 5.56 Å². The zero-order chi connectivity index (χ0) is 22.9. The van der Waals surface area contributed by atoms with Gasteiger partial charge in [0.25, 0.3) is 11.5 Å². The average molecular weight is 449 g/mol. The van der Waals surface area contributed by atoms with Crippen molar-refractivity contribution in [1.29, 1.82) is 0 Å². The van der Waals surface area contributed by atoms with Crippen molar-refractivity contribution in [3.8, 4) is 0 Å². The maximum absolute atomic E-state index is 14.2. The molecule has 33 heavy (non-hydrogen) atoms. The van der Waals surface area contributed by atoms with E-state index in [0.717, 1.165) is 48.3 Å². The van der Waals surface area contributed by atoms with Crippen molar-refractivity contribution in [2.24, 2.45) is 0 Å². The monoisotopic (exact) mass is 449 g/mol. The summed E-state index contributed by atoms with van der Waals surface area (Å²) >= 11 is 0. The molecule has 1 aliphatic heterocycles. The molecule has 1 N–H and O–H groups in total. The number of halogens is 2. The van der Waals surface area contributed by atoms with Crippen LogP contribution >= 0.6 is 0 Å². The number of hydrogen-bond donors (Lipinski definition) is 1. The Labute approximate surface area is 187 Å². The number of nitrogens with zero attached hydrogens (tertiary/aromatic N) is 4. The Balaban J connectivity index is 1.48. The van der Waals surface area contributed by atoms with Gasteiger partial charge in [0.05, 0.1) is 11.0 Å². The topological polar surface area (TPSA) is 83.4 Å². The number of aromatic amines is 1. The largest absolute Gasteiger partial charge is 0.330 e. The van der Waals surface area contributed by atoms with E-state index in [-0.39, 0.29) is 47.2 Å².